The zero-order valence-electron chi connectivity index (χ0n) is 3.72. The van der Waals surface area contributed by atoms with Crippen LogP contribution in [-0.4, -0.2) is 13.1 Å². The standard InChI is InChI=1S/C5H8N/c1-4-2-6-3-5(1)4/h4-5H,1-3H2/t4-,5+. The highest BCUT2D eigenvalue weighted by Gasteiger charge is 2.41. The van der Waals surface area contributed by atoms with Crippen LogP contribution in [-0.2, 0) is 0 Å². The second-order valence-corrected chi connectivity index (χ2v) is 2.34. The van der Waals surface area contributed by atoms with Crippen LogP contribution in [0.15, 0.2) is 0 Å². The highest BCUT2D eigenvalue weighted by molar-refractivity contribution is 4.94. The molecule has 1 radical (unpaired) electrons. The van der Waals surface area contributed by atoms with Crippen LogP contribution in [0.3, 0.4) is 0 Å². The first-order chi connectivity index (χ1) is 2.97. The van der Waals surface area contributed by atoms with Gasteiger partial charge in [0.2, 0.25) is 0 Å². The second-order valence-electron chi connectivity index (χ2n) is 2.34. The highest BCUT2D eigenvalue weighted by atomic mass is 14.9. The quantitative estimate of drug-likeness (QED) is 0.397. The van der Waals surface area contributed by atoms with E-state index in [0.717, 1.165) is 11.8 Å². The normalized spacial score (nSPS) is 52.0. The smallest absolute Gasteiger partial charge is 0.0165 e. The Bertz CT molecular complexity index is 62.3. The van der Waals surface area contributed by atoms with Crippen molar-refractivity contribution >= 4 is 0 Å². The van der Waals surface area contributed by atoms with Crippen molar-refractivity contribution in [3.63, 3.8) is 0 Å². The number of hydrogen-bond donors (Lipinski definition) is 0. The molecular weight excluding hydrogens is 74.1 g/mol. The van der Waals surface area contributed by atoms with Crippen LogP contribution in [0, 0.1) is 11.8 Å². The molecule has 0 bridgehead atoms. The number of rotatable bonds is 0. The van der Waals surface area contributed by atoms with Crippen molar-refractivity contribution in [3.05, 3.63) is 0 Å². The molecule has 0 spiro atoms. The van der Waals surface area contributed by atoms with Gasteiger partial charge in [-0.05, 0) is 18.3 Å². The van der Waals surface area contributed by atoms with E-state index in [4.69, 9.17) is 0 Å². The van der Waals surface area contributed by atoms with E-state index in [9.17, 15) is 0 Å². The molecule has 0 aromatic carbocycles. The van der Waals surface area contributed by atoms with Crippen molar-refractivity contribution in [1.29, 1.82) is 0 Å². The summed E-state index contributed by atoms with van der Waals surface area (Å²) in [4.78, 5) is 0. The van der Waals surface area contributed by atoms with E-state index in [2.05, 4.69) is 5.32 Å². The number of piperidine rings is 1. The minimum absolute atomic E-state index is 1.05. The molecule has 2 rings (SSSR count). The SMILES string of the molecule is C1[N]C[C@H]2C[C@@H]12. The first-order valence-electron chi connectivity index (χ1n) is 2.60. The Kier molecular flexibility index (Phi) is 0.396. The molecule has 33 valence electrons. The van der Waals surface area contributed by atoms with Gasteiger partial charge in [-0.3, -0.25) is 0 Å². The molecule has 0 aromatic rings. The third-order valence-electron chi connectivity index (χ3n) is 1.80. The molecule has 2 fully saturated rings. The monoisotopic (exact) mass is 82.1 g/mol. The van der Waals surface area contributed by atoms with Crippen LogP contribution in [0.25, 0.3) is 0 Å². The lowest BCUT2D eigenvalue weighted by Gasteiger charge is -1.83. The van der Waals surface area contributed by atoms with Crippen molar-refractivity contribution < 1.29 is 0 Å². The highest BCUT2D eigenvalue weighted by Crippen LogP contribution is 2.41. The van der Waals surface area contributed by atoms with Crippen molar-refractivity contribution in [2.24, 2.45) is 11.8 Å². The molecule has 1 saturated carbocycles. The lowest BCUT2D eigenvalue weighted by Crippen LogP contribution is -2.00. The molecule has 1 saturated heterocycles. The summed E-state index contributed by atoms with van der Waals surface area (Å²) in [5.41, 5.74) is 0. The summed E-state index contributed by atoms with van der Waals surface area (Å²) < 4.78 is 0. The molecule has 0 aromatic heterocycles. The molecule has 1 aliphatic carbocycles. The van der Waals surface area contributed by atoms with Gasteiger partial charge in [-0.2, -0.15) is 0 Å². The van der Waals surface area contributed by atoms with E-state index in [1.807, 2.05) is 0 Å². The van der Waals surface area contributed by atoms with Gasteiger partial charge in [-0.15, -0.1) is 0 Å². The van der Waals surface area contributed by atoms with E-state index in [1.54, 1.807) is 0 Å². The Labute approximate surface area is 37.7 Å². The first kappa shape index (κ1) is 3.03. The first-order valence-corrected chi connectivity index (χ1v) is 2.60. The van der Waals surface area contributed by atoms with Crippen molar-refractivity contribution in [2.45, 2.75) is 6.42 Å². The average Bonchev–Trinajstić information content (AvgIpc) is 2.17. The maximum absolute atomic E-state index is 4.21. The van der Waals surface area contributed by atoms with Crippen LogP contribution >= 0.6 is 0 Å². The Balaban J connectivity index is 2.09. The van der Waals surface area contributed by atoms with Gasteiger partial charge in [0.1, 0.15) is 0 Å². The molecule has 1 heterocycles. The zero-order chi connectivity index (χ0) is 3.98. The fourth-order valence-corrected chi connectivity index (χ4v) is 1.16. The van der Waals surface area contributed by atoms with Crippen LogP contribution in [0.5, 0.6) is 0 Å². The Morgan fingerprint density at radius 2 is 1.83 bits per heavy atom. The van der Waals surface area contributed by atoms with Gasteiger partial charge >= 0.3 is 0 Å². The van der Waals surface area contributed by atoms with Crippen LogP contribution < -0.4 is 5.32 Å². The molecular formula is C5H8N. The van der Waals surface area contributed by atoms with E-state index < -0.39 is 0 Å². The van der Waals surface area contributed by atoms with Crippen molar-refractivity contribution in [3.8, 4) is 0 Å². The molecule has 0 N–H and O–H groups in total. The van der Waals surface area contributed by atoms with Crippen LogP contribution in [0.2, 0.25) is 0 Å². The molecule has 2 aliphatic rings. The van der Waals surface area contributed by atoms with Crippen LogP contribution in [0.4, 0.5) is 0 Å². The van der Waals surface area contributed by atoms with Gasteiger partial charge in [0.25, 0.3) is 0 Å². The fourth-order valence-electron chi connectivity index (χ4n) is 1.16. The molecule has 2 atom stereocenters. The van der Waals surface area contributed by atoms with Gasteiger partial charge in [0.05, 0.1) is 0 Å². The van der Waals surface area contributed by atoms with Gasteiger partial charge in [0, 0.05) is 13.1 Å². The summed E-state index contributed by atoms with van der Waals surface area (Å²) in [5.74, 6) is 2.09. The van der Waals surface area contributed by atoms with E-state index >= 15 is 0 Å². The molecule has 6 heavy (non-hydrogen) atoms. The van der Waals surface area contributed by atoms with Gasteiger partial charge in [-0.1, -0.05) is 0 Å². The summed E-state index contributed by atoms with van der Waals surface area (Å²) in [6.07, 6.45) is 1.49. The number of hydrogen-bond acceptors (Lipinski definition) is 0. The maximum Gasteiger partial charge on any atom is 0.0165 e. The minimum Gasteiger partial charge on any atom is -0.241 e. The lowest BCUT2D eigenvalue weighted by molar-refractivity contribution is 0.717. The molecule has 0 amide bonds. The minimum atomic E-state index is 1.05. The third kappa shape index (κ3) is 0.243. The topological polar surface area (TPSA) is 14.1 Å². The molecule has 1 aliphatic heterocycles. The number of fused-ring (bicyclic) bond motifs is 1. The summed E-state index contributed by atoms with van der Waals surface area (Å²) >= 11 is 0. The molecule has 0 unspecified atom stereocenters. The predicted molar refractivity (Wildman–Crippen MR) is 23.5 cm³/mol. The third-order valence-corrected chi connectivity index (χ3v) is 1.80. The zero-order valence-corrected chi connectivity index (χ0v) is 3.72. The predicted octanol–water partition coefficient (Wildman–Crippen LogP) is 0.240. The summed E-state index contributed by atoms with van der Waals surface area (Å²) in [5, 5.41) is 4.21. The number of nitrogens with zero attached hydrogens (tertiary/aromatic N) is 1. The summed E-state index contributed by atoms with van der Waals surface area (Å²) in [6.45, 7) is 2.37. The van der Waals surface area contributed by atoms with E-state index in [1.165, 1.54) is 19.5 Å². The Morgan fingerprint density at radius 1 is 1.17 bits per heavy atom. The van der Waals surface area contributed by atoms with Crippen molar-refractivity contribution in [2.75, 3.05) is 13.1 Å². The average molecular weight is 82.1 g/mol. The molecule has 1 heteroatoms. The Morgan fingerprint density at radius 3 is 2.00 bits per heavy atom. The van der Waals surface area contributed by atoms with Crippen LogP contribution in [0.1, 0.15) is 6.42 Å². The summed E-state index contributed by atoms with van der Waals surface area (Å²) in [7, 11) is 0. The molecule has 1 nitrogen and oxygen atoms in total. The Hall–Kier alpha value is -0.0400. The van der Waals surface area contributed by atoms with Gasteiger partial charge in [-0.25, -0.2) is 5.32 Å². The maximum atomic E-state index is 4.21. The van der Waals surface area contributed by atoms with E-state index in [0.29, 0.717) is 0 Å². The van der Waals surface area contributed by atoms with E-state index in [-0.39, 0.29) is 0 Å². The summed E-state index contributed by atoms with van der Waals surface area (Å²) in [6, 6.07) is 0. The largest absolute Gasteiger partial charge is 0.241 e. The lowest BCUT2D eigenvalue weighted by atomic mass is 10.4. The van der Waals surface area contributed by atoms with Crippen molar-refractivity contribution in [1.82, 2.24) is 5.32 Å². The fraction of sp³-hybridized carbons (Fsp3) is 1.00. The van der Waals surface area contributed by atoms with Gasteiger partial charge in [0.15, 0.2) is 0 Å². The van der Waals surface area contributed by atoms with Gasteiger partial charge < -0.3 is 0 Å². The second kappa shape index (κ2) is 0.784.